The minimum atomic E-state index is -0.0947. The van der Waals surface area contributed by atoms with Crippen molar-refractivity contribution in [1.82, 2.24) is 5.32 Å². The van der Waals surface area contributed by atoms with Crippen molar-refractivity contribution < 1.29 is 4.79 Å². The van der Waals surface area contributed by atoms with Crippen molar-refractivity contribution in [3.05, 3.63) is 48.6 Å². The fourth-order valence-corrected chi connectivity index (χ4v) is 1.58. The third-order valence-electron chi connectivity index (χ3n) is 2.53. The third kappa shape index (κ3) is 3.99. The molecule has 1 aromatic carbocycles. The lowest BCUT2D eigenvalue weighted by Crippen LogP contribution is -2.35. The van der Waals surface area contributed by atoms with Gasteiger partial charge in [0.1, 0.15) is 5.78 Å². The minimum absolute atomic E-state index is 0.0947. The second-order valence-corrected chi connectivity index (χ2v) is 3.76. The molecule has 1 aromatic rings. The molecule has 0 aliphatic rings. The van der Waals surface area contributed by atoms with Gasteiger partial charge in [0.25, 0.3) is 0 Å². The van der Waals surface area contributed by atoms with Crippen molar-refractivity contribution in [3.63, 3.8) is 0 Å². The molecule has 1 atom stereocenters. The maximum absolute atomic E-state index is 11.6. The fraction of sp³-hybridized carbons (Fsp3) is 0.357. The van der Waals surface area contributed by atoms with Crippen LogP contribution in [0.1, 0.15) is 25.3 Å². The van der Waals surface area contributed by atoms with Crippen LogP contribution in [0.5, 0.6) is 0 Å². The van der Waals surface area contributed by atoms with Crippen molar-refractivity contribution in [2.24, 2.45) is 0 Å². The molecule has 86 valence electrons. The molecule has 0 aromatic heterocycles. The number of hydrogen-bond donors (Lipinski definition) is 1. The Kier molecular flexibility index (Phi) is 5.51. The molecule has 0 aliphatic carbocycles. The maximum Gasteiger partial charge on any atom is 0.149 e. The van der Waals surface area contributed by atoms with Gasteiger partial charge in [-0.1, -0.05) is 43.3 Å². The number of carbonyl (C=O) groups is 1. The summed E-state index contributed by atoms with van der Waals surface area (Å²) in [5.41, 5.74) is 1.19. The number of benzene rings is 1. The van der Waals surface area contributed by atoms with E-state index in [1.165, 1.54) is 5.56 Å². The number of ketones is 1. The molecule has 0 aliphatic heterocycles. The molecule has 0 saturated carbocycles. The molecule has 0 spiro atoms. The quantitative estimate of drug-likeness (QED) is 0.711. The summed E-state index contributed by atoms with van der Waals surface area (Å²) in [6.45, 7) is 6.30. The number of nitrogens with one attached hydrogen (secondary N) is 1. The van der Waals surface area contributed by atoms with E-state index in [0.717, 1.165) is 6.54 Å². The van der Waals surface area contributed by atoms with E-state index in [9.17, 15) is 4.79 Å². The first-order valence-corrected chi connectivity index (χ1v) is 5.68. The van der Waals surface area contributed by atoms with Gasteiger partial charge in [-0.2, -0.15) is 0 Å². The van der Waals surface area contributed by atoms with E-state index >= 15 is 0 Å². The Morgan fingerprint density at radius 2 is 2.12 bits per heavy atom. The van der Waals surface area contributed by atoms with Crippen LogP contribution in [0.25, 0.3) is 0 Å². The van der Waals surface area contributed by atoms with Crippen LogP contribution in [0, 0.1) is 0 Å². The average Bonchev–Trinajstić information content (AvgIpc) is 2.34. The zero-order valence-corrected chi connectivity index (χ0v) is 9.78. The van der Waals surface area contributed by atoms with E-state index in [1.807, 2.05) is 37.3 Å². The van der Waals surface area contributed by atoms with Crippen LogP contribution in [0.4, 0.5) is 0 Å². The Bertz CT molecular complexity index is 332. The zero-order valence-electron chi connectivity index (χ0n) is 9.78. The lowest BCUT2D eigenvalue weighted by atomic mass is 10.1. The maximum atomic E-state index is 11.6. The van der Waals surface area contributed by atoms with Gasteiger partial charge in [0.2, 0.25) is 0 Å². The molecule has 16 heavy (non-hydrogen) atoms. The van der Waals surface area contributed by atoms with Crippen LogP contribution in [0.2, 0.25) is 0 Å². The van der Waals surface area contributed by atoms with Gasteiger partial charge in [-0.25, -0.2) is 0 Å². The molecule has 2 heteroatoms. The highest BCUT2D eigenvalue weighted by atomic mass is 16.1. The molecular formula is C14H19NO. The Balaban J connectivity index is 2.50. The second-order valence-electron chi connectivity index (χ2n) is 3.76. The first kappa shape index (κ1) is 12.7. The molecule has 0 unspecified atom stereocenters. The Morgan fingerprint density at radius 1 is 1.44 bits per heavy atom. The molecule has 0 saturated heterocycles. The highest BCUT2D eigenvalue weighted by molar-refractivity contribution is 5.83. The fourth-order valence-electron chi connectivity index (χ4n) is 1.58. The van der Waals surface area contributed by atoms with E-state index in [4.69, 9.17) is 0 Å². The standard InChI is InChI=1S/C14H19NO/c1-3-8-13(14(16)4-2)15-11-12-9-6-5-7-10-12/h3,5-7,9-10,13,15H,1,4,8,11H2,2H3/t13-/m0/s1. The Hall–Kier alpha value is -1.41. The van der Waals surface area contributed by atoms with Crippen LogP contribution in [-0.2, 0) is 11.3 Å². The molecule has 0 heterocycles. The zero-order chi connectivity index (χ0) is 11.8. The molecule has 0 amide bonds. The van der Waals surface area contributed by atoms with Gasteiger partial charge in [0.15, 0.2) is 0 Å². The van der Waals surface area contributed by atoms with Gasteiger partial charge >= 0.3 is 0 Å². The third-order valence-corrected chi connectivity index (χ3v) is 2.53. The molecule has 0 bridgehead atoms. The van der Waals surface area contributed by atoms with Crippen molar-refractivity contribution >= 4 is 5.78 Å². The SMILES string of the molecule is C=CC[C@H](NCc1ccccc1)C(=O)CC. The van der Waals surface area contributed by atoms with Gasteiger partial charge in [0.05, 0.1) is 6.04 Å². The molecule has 2 nitrogen and oxygen atoms in total. The van der Waals surface area contributed by atoms with Gasteiger partial charge in [0, 0.05) is 13.0 Å². The van der Waals surface area contributed by atoms with E-state index in [-0.39, 0.29) is 11.8 Å². The van der Waals surface area contributed by atoms with Crippen LogP contribution in [0.15, 0.2) is 43.0 Å². The van der Waals surface area contributed by atoms with Crippen molar-refractivity contribution in [2.45, 2.75) is 32.4 Å². The molecule has 1 rings (SSSR count). The van der Waals surface area contributed by atoms with Crippen LogP contribution < -0.4 is 5.32 Å². The highest BCUT2D eigenvalue weighted by Gasteiger charge is 2.13. The molecule has 0 radical (unpaired) electrons. The number of Topliss-reactive ketones (excluding diaryl/α,β-unsaturated/α-hetero) is 1. The number of carbonyl (C=O) groups excluding carboxylic acids is 1. The molecular weight excluding hydrogens is 198 g/mol. The number of hydrogen-bond acceptors (Lipinski definition) is 2. The van der Waals surface area contributed by atoms with Crippen LogP contribution in [-0.4, -0.2) is 11.8 Å². The van der Waals surface area contributed by atoms with E-state index in [0.29, 0.717) is 12.8 Å². The average molecular weight is 217 g/mol. The predicted molar refractivity (Wildman–Crippen MR) is 67.2 cm³/mol. The van der Waals surface area contributed by atoms with Gasteiger partial charge in [-0.05, 0) is 12.0 Å². The first-order valence-electron chi connectivity index (χ1n) is 5.68. The molecule has 1 N–H and O–H groups in total. The smallest absolute Gasteiger partial charge is 0.149 e. The van der Waals surface area contributed by atoms with Crippen LogP contribution >= 0.6 is 0 Å². The summed E-state index contributed by atoms with van der Waals surface area (Å²) in [6, 6.07) is 10.00. The predicted octanol–water partition coefficient (Wildman–Crippen LogP) is 2.70. The lowest BCUT2D eigenvalue weighted by Gasteiger charge is -2.15. The van der Waals surface area contributed by atoms with E-state index < -0.39 is 0 Å². The Labute approximate surface area is 97.4 Å². The van der Waals surface area contributed by atoms with E-state index in [1.54, 1.807) is 6.08 Å². The minimum Gasteiger partial charge on any atom is -0.303 e. The Morgan fingerprint density at radius 3 is 2.69 bits per heavy atom. The number of rotatable bonds is 7. The summed E-state index contributed by atoms with van der Waals surface area (Å²) in [4.78, 5) is 11.6. The van der Waals surface area contributed by atoms with Crippen LogP contribution in [0.3, 0.4) is 0 Å². The topological polar surface area (TPSA) is 29.1 Å². The van der Waals surface area contributed by atoms with Crippen molar-refractivity contribution in [2.75, 3.05) is 0 Å². The van der Waals surface area contributed by atoms with E-state index in [2.05, 4.69) is 11.9 Å². The summed E-state index contributed by atoms with van der Waals surface area (Å²) in [7, 11) is 0. The monoisotopic (exact) mass is 217 g/mol. The van der Waals surface area contributed by atoms with Gasteiger partial charge in [-0.15, -0.1) is 6.58 Å². The highest BCUT2D eigenvalue weighted by Crippen LogP contribution is 2.02. The second kappa shape index (κ2) is 6.96. The molecule has 0 fully saturated rings. The van der Waals surface area contributed by atoms with Gasteiger partial charge < -0.3 is 5.32 Å². The largest absolute Gasteiger partial charge is 0.303 e. The summed E-state index contributed by atoms with van der Waals surface area (Å²) in [5.74, 6) is 0.246. The lowest BCUT2D eigenvalue weighted by molar-refractivity contribution is -0.120. The van der Waals surface area contributed by atoms with Crippen molar-refractivity contribution in [3.8, 4) is 0 Å². The summed E-state index contributed by atoms with van der Waals surface area (Å²) in [5, 5.41) is 3.27. The van der Waals surface area contributed by atoms with Gasteiger partial charge in [-0.3, -0.25) is 4.79 Å². The van der Waals surface area contributed by atoms with Crippen molar-refractivity contribution in [1.29, 1.82) is 0 Å². The summed E-state index contributed by atoms with van der Waals surface area (Å²) in [6.07, 6.45) is 3.05. The first-order chi connectivity index (χ1) is 7.77. The normalized spacial score (nSPS) is 12.1. The summed E-state index contributed by atoms with van der Waals surface area (Å²) < 4.78 is 0. The summed E-state index contributed by atoms with van der Waals surface area (Å²) >= 11 is 0.